The number of methoxy groups -OCH3 is 1. The average Bonchev–Trinajstić information content (AvgIpc) is 3.12. The molecule has 2 atom stereocenters. The molecule has 27 heavy (non-hydrogen) atoms. The Morgan fingerprint density at radius 2 is 1.85 bits per heavy atom. The number of carbonyl (C=O) groups is 1. The summed E-state index contributed by atoms with van der Waals surface area (Å²) in [4.78, 5) is 17.3. The van der Waals surface area contributed by atoms with Crippen LogP contribution in [0, 0.1) is 0 Å². The van der Waals surface area contributed by atoms with E-state index in [-0.39, 0.29) is 17.9 Å². The van der Waals surface area contributed by atoms with Gasteiger partial charge in [-0.3, -0.25) is 4.79 Å². The van der Waals surface area contributed by atoms with Crippen molar-refractivity contribution >= 4 is 16.8 Å². The Morgan fingerprint density at radius 1 is 1.15 bits per heavy atom. The van der Waals surface area contributed by atoms with E-state index in [1.54, 1.807) is 26.1 Å². The zero-order chi connectivity index (χ0) is 19.4. The molecule has 3 N–H and O–H groups in total. The van der Waals surface area contributed by atoms with Crippen molar-refractivity contribution in [3.05, 3.63) is 65.9 Å². The van der Waals surface area contributed by atoms with E-state index >= 15 is 0 Å². The first-order chi connectivity index (χ1) is 13.0. The first-order valence-electron chi connectivity index (χ1n) is 9.25. The largest absolute Gasteiger partial charge is 0.497 e. The number of hydrogen-bond donors (Lipinski definition) is 2. The van der Waals surface area contributed by atoms with Gasteiger partial charge in [0.15, 0.2) is 6.04 Å². The number of fused-ring (bicyclic) bond motifs is 1. The van der Waals surface area contributed by atoms with Crippen molar-refractivity contribution in [3.63, 3.8) is 0 Å². The van der Waals surface area contributed by atoms with Gasteiger partial charge in [0.2, 0.25) is 0 Å². The molecule has 1 heterocycles. The summed E-state index contributed by atoms with van der Waals surface area (Å²) >= 11 is 0. The molecule has 0 aliphatic carbocycles. The lowest BCUT2D eigenvalue weighted by atomic mass is 9.90. The predicted molar refractivity (Wildman–Crippen MR) is 108 cm³/mol. The monoisotopic (exact) mass is 366 g/mol. The standard InChI is InChI=1S/C22H27N3O2/c1-15(22(26)25(2)3)23-13-19(16-9-11-17(27-4)12-10-16)20-14-24-21-8-6-5-7-18(20)21/h5-12,14-15,19,23-24H,13H2,1-4H3/p+1/t15-,19-/m0/s1. The molecule has 3 aromatic rings. The van der Waals surface area contributed by atoms with Crippen molar-refractivity contribution in [2.75, 3.05) is 27.7 Å². The van der Waals surface area contributed by atoms with Gasteiger partial charge in [-0.15, -0.1) is 0 Å². The Hall–Kier alpha value is -2.79. The SMILES string of the molecule is COc1ccc([C@H](C[NH2+][C@@H](C)C(=O)N(C)C)c2c[nH]c3ccccc23)cc1. The molecule has 0 radical (unpaired) electrons. The van der Waals surface area contributed by atoms with Gasteiger partial charge in [0.25, 0.3) is 5.91 Å². The number of amides is 1. The van der Waals surface area contributed by atoms with Crippen LogP contribution in [0.4, 0.5) is 0 Å². The van der Waals surface area contributed by atoms with E-state index in [9.17, 15) is 4.79 Å². The smallest absolute Gasteiger partial charge is 0.279 e. The minimum atomic E-state index is -0.119. The quantitative estimate of drug-likeness (QED) is 0.674. The third-order valence-electron chi connectivity index (χ3n) is 5.07. The number of nitrogens with one attached hydrogen (secondary N) is 1. The first kappa shape index (κ1) is 19.0. The molecule has 0 bridgehead atoms. The number of rotatable bonds is 7. The number of likely N-dealkylation sites (N-methyl/N-ethyl adjacent to an activating group) is 1. The van der Waals surface area contributed by atoms with Gasteiger partial charge in [-0.05, 0) is 36.2 Å². The van der Waals surface area contributed by atoms with E-state index in [0.29, 0.717) is 0 Å². The minimum Gasteiger partial charge on any atom is -0.497 e. The van der Waals surface area contributed by atoms with Crippen molar-refractivity contribution in [2.24, 2.45) is 0 Å². The lowest BCUT2D eigenvalue weighted by Crippen LogP contribution is -2.92. The summed E-state index contributed by atoms with van der Waals surface area (Å²) in [7, 11) is 5.27. The average molecular weight is 366 g/mol. The van der Waals surface area contributed by atoms with Crippen LogP contribution in [0.25, 0.3) is 10.9 Å². The van der Waals surface area contributed by atoms with E-state index in [0.717, 1.165) is 17.8 Å². The third kappa shape index (κ3) is 4.14. The second-order valence-corrected chi connectivity index (χ2v) is 7.11. The van der Waals surface area contributed by atoms with Crippen LogP contribution in [0.2, 0.25) is 0 Å². The highest BCUT2D eigenvalue weighted by molar-refractivity contribution is 5.84. The predicted octanol–water partition coefficient (Wildman–Crippen LogP) is 2.35. The Balaban J connectivity index is 1.92. The summed E-state index contributed by atoms with van der Waals surface area (Å²) in [5.74, 6) is 1.14. The minimum absolute atomic E-state index is 0.119. The number of carbonyl (C=O) groups excluding carboxylic acids is 1. The Kier molecular flexibility index (Phi) is 5.81. The summed E-state index contributed by atoms with van der Waals surface area (Å²) < 4.78 is 5.30. The highest BCUT2D eigenvalue weighted by atomic mass is 16.5. The van der Waals surface area contributed by atoms with Gasteiger partial charge in [-0.25, -0.2) is 0 Å². The second-order valence-electron chi connectivity index (χ2n) is 7.11. The molecule has 0 saturated carbocycles. The number of nitrogens with two attached hydrogens (primary N) is 1. The number of aromatic amines is 1. The van der Waals surface area contributed by atoms with Crippen LogP contribution in [-0.4, -0.2) is 49.6 Å². The fourth-order valence-electron chi connectivity index (χ4n) is 3.51. The number of quaternary nitrogens is 1. The van der Waals surface area contributed by atoms with E-state index in [1.165, 1.54) is 16.5 Å². The molecule has 0 aliphatic heterocycles. The molecule has 2 aromatic carbocycles. The van der Waals surface area contributed by atoms with Crippen molar-refractivity contribution in [1.82, 2.24) is 9.88 Å². The second kappa shape index (κ2) is 8.27. The number of ether oxygens (including phenoxy) is 1. The maximum Gasteiger partial charge on any atom is 0.279 e. The molecule has 0 saturated heterocycles. The summed E-state index contributed by atoms with van der Waals surface area (Å²) in [6, 6.07) is 16.4. The van der Waals surface area contributed by atoms with Gasteiger partial charge in [0, 0.05) is 31.2 Å². The Morgan fingerprint density at radius 3 is 2.52 bits per heavy atom. The van der Waals surface area contributed by atoms with Crippen molar-refractivity contribution in [2.45, 2.75) is 18.9 Å². The van der Waals surface area contributed by atoms with Crippen molar-refractivity contribution < 1.29 is 14.8 Å². The third-order valence-corrected chi connectivity index (χ3v) is 5.07. The topological polar surface area (TPSA) is 61.9 Å². The van der Waals surface area contributed by atoms with Crippen LogP contribution in [-0.2, 0) is 4.79 Å². The van der Waals surface area contributed by atoms with E-state index in [4.69, 9.17) is 4.74 Å². The lowest BCUT2D eigenvalue weighted by molar-refractivity contribution is -0.675. The molecular weight excluding hydrogens is 338 g/mol. The number of para-hydroxylation sites is 1. The van der Waals surface area contributed by atoms with Crippen molar-refractivity contribution in [3.8, 4) is 5.75 Å². The fraction of sp³-hybridized carbons (Fsp3) is 0.318. The number of hydrogen-bond acceptors (Lipinski definition) is 2. The van der Waals surface area contributed by atoms with Gasteiger partial charge >= 0.3 is 0 Å². The molecule has 1 amide bonds. The summed E-state index contributed by atoms with van der Waals surface area (Å²) in [6.07, 6.45) is 2.09. The van der Waals surface area contributed by atoms with E-state index < -0.39 is 0 Å². The number of aromatic nitrogens is 1. The van der Waals surface area contributed by atoms with E-state index in [1.807, 2.05) is 25.1 Å². The maximum atomic E-state index is 12.2. The lowest BCUT2D eigenvalue weighted by Gasteiger charge is -2.20. The molecule has 0 fully saturated rings. The highest BCUT2D eigenvalue weighted by Crippen LogP contribution is 2.30. The molecular formula is C22H28N3O2+. The summed E-state index contributed by atoms with van der Waals surface area (Å²) in [5.41, 5.74) is 3.58. The first-order valence-corrected chi connectivity index (χ1v) is 9.25. The van der Waals surface area contributed by atoms with Gasteiger partial charge in [0.1, 0.15) is 5.75 Å². The summed E-state index contributed by atoms with van der Waals surface area (Å²) in [5, 5.41) is 3.34. The van der Waals surface area contributed by atoms with Crippen LogP contribution in [0.3, 0.4) is 0 Å². The molecule has 142 valence electrons. The van der Waals surface area contributed by atoms with Crippen molar-refractivity contribution in [1.29, 1.82) is 0 Å². The number of H-pyrrole nitrogens is 1. The normalized spacial score (nSPS) is 13.3. The Bertz CT molecular complexity index is 899. The zero-order valence-electron chi connectivity index (χ0n) is 16.4. The molecule has 0 spiro atoms. The molecule has 3 rings (SSSR count). The molecule has 5 nitrogen and oxygen atoms in total. The van der Waals surface area contributed by atoms with Crippen LogP contribution in [0.15, 0.2) is 54.7 Å². The fourth-order valence-corrected chi connectivity index (χ4v) is 3.51. The van der Waals surface area contributed by atoms with Crippen LogP contribution >= 0.6 is 0 Å². The van der Waals surface area contributed by atoms with Gasteiger partial charge in [0.05, 0.1) is 19.6 Å². The highest BCUT2D eigenvalue weighted by Gasteiger charge is 2.24. The van der Waals surface area contributed by atoms with Gasteiger partial charge in [-0.1, -0.05) is 30.3 Å². The van der Waals surface area contributed by atoms with Crippen LogP contribution in [0.1, 0.15) is 24.0 Å². The van der Waals surface area contributed by atoms with Crippen LogP contribution < -0.4 is 10.1 Å². The zero-order valence-corrected chi connectivity index (χ0v) is 16.4. The van der Waals surface area contributed by atoms with Gasteiger partial charge < -0.3 is 19.9 Å². The summed E-state index contributed by atoms with van der Waals surface area (Å²) in [6.45, 7) is 2.75. The van der Waals surface area contributed by atoms with E-state index in [2.05, 4.69) is 46.8 Å². The number of benzene rings is 2. The Labute approximate surface area is 160 Å². The molecule has 5 heteroatoms. The molecule has 1 aromatic heterocycles. The van der Waals surface area contributed by atoms with Crippen LogP contribution in [0.5, 0.6) is 5.75 Å². The maximum absolute atomic E-state index is 12.2. The molecule has 0 unspecified atom stereocenters. The van der Waals surface area contributed by atoms with Gasteiger partial charge in [-0.2, -0.15) is 0 Å². The number of nitrogens with zero attached hydrogens (tertiary/aromatic N) is 1. The molecule has 0 aliphatic rings.